The van der Waals surface area contributed by atoms with Crippen LogP contribution in [0, 0.1) is 0 Å². The highest BCUT2D eigenvalue weighted by Crippen LogP contribution is 2.38. The molecular formula is C20H11F3N4O. The lowest BCUT2D eigenvalue weighted by molar-refractivity contribution is -0.274. The minimum Gasteiger partial charge on any atom is -0.406 e. The van der Waals surface area contributed by atoms with Crippen LogP contribution in [0.3, 0.4) is 0 Å². The number of hydrogen-bond acceptors (Lipinski definition) is 4. The normalized spacial score (nSPS) is 13.0. The standard InChI is InChI=1S/C20H11F3N4O/c21-20(22,23)28-13-5-3-4-12(10-13)17-15-8-9-27-19(15)18(24-11-25-27)14-6-1-2-7-16(14)26-17/h1-11H. The highest BCUT2D eigenvalue weighted by molar-refractivity contribution is 6.20. The molecule has 0 aliphatic carbocycles. The van der Waals surface area contributed by atoms with Gasteiger partial charge in [0.05, 0.1) is 11.4 Å². The number of hydrogen-bond donors (Lipinski definition) is 0. The van der Waals surface area contributed by atoms with Gasteiger partial charge < -0.3 is 4.74 Å². The molecule has 0 N–H and O–H groups in total. The van der Waals surface area contributed by atoms with Crippen LogP contribution in [-0.4, -0.2) is 26.7 Å². The minimum absolute atomic E-state index is 0.301. The number of alkyl halides is 3. The fourth-order valence-corrected chi connectivity index (χ4v) is 3.36. The smallest absolute Gasteiger partial charge is 0.406 e. The van der Waals surface area contributed by atoms with Crippen molar-refractivity contribution >= 4 is 16.9 Å². The van der Waals surface area contributed by atoms with Crippen LogP contribution in [0.2, 0.25) is 0 Å². The van der Waals surface area contributed by atoms with Gasteiger partial charge in [-0.15, -0.1) is 13.2 Å². The Kier molecular flexibility index (Phi) is 3.48. The Labute approximate surface area is 156 Å². The lowest BCUT2D eigenvalue weighted by Crippen LogP contribution is -2.17. The summed E-state index contributed by atoms with van der Waals surface area (Å²) >= 11 is 0. The van der Waals surface area contributed by atoms with Gasteiger partial charge in [-0.25, -0.2) is 14.5 Å². The fourth-order valence-electron chi connectivity index (χ4n) is 3.36. The lowest BCUT2D eigenvalue weighted by atomic mass is 10.0. The lowest BCUT2D eigenvalue weighted by Gasteiger charge is -2.11. The van der Waals surface area contributed by atoms with Crippen molar-refractivity contribution in [2.24, 2.45) is 4.99 Å². The van der Waals surface area contributed by atoms with E-state index in [2.05, 4.69) is 14.8 Å². The molecule has 1 aliphatic rings. The first-order chi connectivity index (χ1) is 13.5. The molecule has 0 fully saturated rings. The number of halogens is 3. The largest absolute Gasteiger partial charge is 0.573 e. The molecule has 28 heavy (non-hydrogen) atoms. The van der Waals surface area contributed by atoms with E-state index in [1.165, 1.54) is 24.5 Å². The monoisotopic (exact) mass is 380 g/mol. The van der Waals surface area contributed by atoms with Gasteiger partial charge in [0.2, 0.25) is 0 Å². The van der Waals surface area contributed by atoms with Gasteiger partial charge in [0.15, 0.2) is 0 Å². The van der Waals surface area contributed by atoms with E-state index in [0.29, 0.717) is 22.7 Å². The zero-order chi connectivity index (χ0) is 19.3. The van der Waals surface area contributed by atoms with Gasteiger partial charge in [-0.3, -0.25) is 0 Å². The average Bonchev–Trinajstić information content (AvgIpc) is 3.03. The predicted molar refractivity (Wildman–Crippen MR) is 96.8 cm³/mol. The summed E-state index contributed by atoms with van der Waals surface area (Å²) < 4.78 is 43.7. The molecule has 8 heteroatoms. The number of rotatable bonds is 2. The van der Waals surface area contributed by atoms with E-state index in [9.17, 15) is 13.2 Å². The molecule has 5 nitrogen and oxygen atoms in total. The van der Waals surface area contributed by atoms with E-state index < -0.39 is 6.36 Å². The molecule has 0 atom stereocenters. The van der Waals surface area contributed by atoms with Crippen molar-refractivity contribution in [1.82, 2.24) is 14.6 Å². The van der Waals surface area contributed by atoms with Crippen LogP contribution in [-0.2, 0) is 0 Å². The molecule has 0 radical (unpaired) electrons. The second kappa shape index (κ2) is 5.91. The topological polar surface area (TPSA) is 51.8 Å². The molecule has 0 saturated heterocycles. The zero-order valence-electron chi connectivity index (χ0n) is 14.2. The molecule has 2 aromatic carbocycles. The van der Waals surface area contributed by atoms with Gasteiger partial charge in [0.1, 0.15) is 23.3 Å². The van der Waals surface area contributed by atoms with E-state index in [1.807, 2.05) is 30.3 Å². The van der Waals surface area contributed by atoms with Gasteiger partial charge in [-0.05, 0) is 24.3 Å². The predicted octanol–water partition coefficient (Wildman–Crippen LogP) is 4.78. The average molecular weight is 380 g/mol. The second-order valence-electron chi connectivity index (χ2n) is 6.18. The first-order valence-corrected chi connectivity index (χ1v) is 8.36. The zero-order valence-corrected chi connectivity index (χ0v) is 14.2. The van der Waals surface area contributed by atoms with Crippen molar-refractivity contribution in [2.75, 3.05) is 0 Å². The summed E-state index contributed by atoms with van der Waals surface area (Å²) in [6.07, 6.45) is -1.53. The summed E-state index contributed by atoms with van der Waals surface area (Å²) in [6.45, 7) is 0. The molecule has 2 aromatic heterocycles. The first kappa shape index (κ1) is 16.5. The van der Waals surface area contributed by atoms with Crippen molar-refractivity contribution in [3.8, 4) is 17.0 Å². The quantitative estimate of drug-likeness (QED) is 0.443. The second-order valence-corrected chi connectivity index (χ2v) is 6.18. The summed E-state index contributed by atoms with van der Waals surface area (Å²) in [6, 6.07) is 15.1. The Bertz CT molecular complexity index is 1240. The Morgan fingerprint density at radius 2 is 1.79 bits per heavy atom. The van der Waals surface area contributed by atoms with Crippen molar-refractivity contribution in [3.63, 3.8) is 0 Å². The summed E-state index contributed by atoms with van der Waals surface area (Å²) in [7, 11) is 0. The van der Waals surface area contributed by atoms with Crippen LogP contribution >= 0.6 is 0 Å². The van der Waals surface area contributed by atoms with Crippen LogP contribution < -0.4 is 4.74 Å². The SMILES string of the molecule is FC(F)(F)Oc1cccc(C2=Nc3ccccc3-c3ncnn4ccc2c34)c1. The molecule has 138 valence electrons. The number of para-hydroxylation sites is 1. The maximum absolute atomic E-state index is 12.6. The van der Waals surface area contributed by atoms with Gasteiger partial charge >= 0.3 is 6.36 Å². The van der Waals surface area contributed by atoms with E-state index in [-0.39, 0.29) is 5.75 Å². The van der Waals surface area contributed by atoms with Crippen molar-refractivity contribution in [2.45, 2.75) is 6.36 Å². The van der Waals surface area contributed by atoms with E-state index in [0.717, 1.165) is 16.6 Å². The van der Waals surface area contributed by atoms with E-state index >= 15 is 0 Å². The highest BCUT2D eigenvalue weighted by atomic mass is 19.4. The number of fused-ring (bicyclic) bond motifs is 2. The molecular weight excluding hydrogens is 369 g/mol. The number of aromatic nitrogens is 3. The molecule has 0 amide bonds. The van der Waals surface area contributed by atoms with Gasteiger partial charge in [0, 0.05) is 22.9 Å². The van der Waals surface area contributed by atoms with Crippen molar-refractivity contribution < 1.29 is 17.9 Å². The minimum atomic E-state index is -4.76. The highest BCUT2D eigenvalue weighted by Gasteiger charge is 2.31. The van der Waals surface area contributed by atoms with Crippen LogP contribution in [0.15, 0.2) is 72.1 Å². The van der Waals surface area contributed by atoms with Crippen molar-refractivity contribution in [3.05, 3.63) is 78.2 Å². The number of benzene rings is 2. The molecule has 0 spiro atoms. The molecule has 4 aromatic rings. The third-order valence-corrected chi connectivity index (χ3v) is 4.44. The molecule has 0 bridgehead atoms. The Hall–Kier alpha value is -3.68. The molecule has 0 unspecified atom stereocenters. The molecule has 5 rings (SSSR count). The molecule has 0 saturated carbocycles. The van der Waals surface area contributed by atoms with Crippen LogP contribution in [0.1, 0.15) is 11.1 Å². The number of aliphatic imine (C=N–C) groups is 1. The Morgan fingerprint density at radius 3 is 2.64 bits per heavy atom. The maximum Gasteiger partial charge on any atom is 0.573 e. The third-order valence-electron chi connectivity index (χ3n) is 4.44. The van der Waals surface area contributed by atoms with Crippen LogP contribution in [0.25, 0.3) is 16.8 Å². The Morgan fingerprint density at radius 1 is 0.929 bits per heavy atom. The third kappa shape index (κ3) is 2.70. The van der Waals surface area contributed by atoms with Crippen LogP contribution in [0.5, 0.6) is 5.75 Å². The summed E-state index contributed by atoms with van der Waals surface area (Å²) in [5.74, 6) is -0.301. The Balaban J connectivity index is 1.76. The summed E-state index contributed by atoms with van der Waals surface area (Å²) in [5.41, 5.74) is 4.72. The van der Waals surface area contributed by atoms with E-state index in [4.69, 9.17) is 4.99 Å². The number of ether oxygens (including phenoxy) is 1. The summed E-state index contributed by atoms with van der Waals surface area (Å²) in [4.78, 5) is 9.18. The first-order valence-electron chi connectivity index (χ1n) is 8.36. The van der Waals surface area contributed by atoms with Gasteiger partial charge in [-0.2, -0.15) is 5.10 Å². The summed E-state index contributed by atoms with van der Waals surface area (Å²) in [5, 5.41) is 4.23. The van der Waals surface area contributed by atoms with Crippen molar-refractivity contribution in [1.29, 1.82) is 0 Å². The van der Waals surface area contributed by atoms with Gasteiger partial charge in [0.25, 0.3) is 0 Å². The maximum atomic E-state index is 12.6. The number of nitrogens with zero attached hydrogens (tertiary/aromatic N) is 4. The molecule has 1 aliphatic heterocycles. The van der Waals surface area contributed by atoms with E-state index in [1.54, 1.807) is 16.8 Å². The van der Waals surface area contributed by atoms with Gasteiger partial charge in [-0.1, -0.05) is 30.3 Å². The molecule has 3 heterocycles. The van der Waals surface area contributed by atoms with Crippen LogP contribution in [0.4, 0.5) is 18.9 Å². The fraction of sp³-hybridized carbons (Fsp3) is 0.0500.